The summed E-state index contributed by atoms with van der Waals surface area (Å²) in [5, 5.41) is 5.37. The van der Waals surface area contributed by atoms with Gasteiger partial charge >= 0.3 is 6.03 Å². The van der Waals surface area contributed by atoms with Gasteiger partial charge in [0.15, 0.2) is 0 Å². The highest BCUT2D eigenvalue weighted by atomic mass is 16.5. The number of urea groups is 1. The van der Waals surface area contributed by atoms with Crippen LogP contribution in [0.4, 0.5) is 10.5 Å². The average Bonchev–Trinajstić information content (AvgIpc) is 2.56. The Labute approximate surface area is 134 Å². The minimum atomic E-state index is -0.757. The van der Waals surface area contributed by atoms with Crippen LogP contribution >= 0.6 is 0 Å². The summed E-state index contributed by atoms with van der Waals surface area (Å²) >= 11 is 0. The summed E-state index contributed by atoms with van der Waals surface area (Å²) < 4.78 is 10.6. The minimum absolute atomic E-state index is 0.168. The largest absolute Gasteiger partial charge is 0.476 e. The Kier molecular flexibility index (Phi) is 5.75. The van der Waals surface area contributed by atoms with E-state index in [1.165, 1.54) is 0 Å². The first-order valence-electron chi connectivity index (χ1n) is 7.58. The zero-order valence-electron chi connectivity index (χ0n) is 13.1. The molecule has 2 rings (SSSR count). The molecule has 1 fully saturated rings. The zero-order chi connectivity index (χ0) is 16.7. The van der Waals surface area contributed by atoms with Crippen molar-refractivity contribution in [2.45, 2.75) is 19.8 Å². The molecule has 8 heteroatoms. The Morgan fingerprint density at radius 3 is 2.83 bits per heavy atom. The van der Waals surface area contributed by atoms with Gasteiger partial charge < -0.3 is 25.8 Å². The van der Waals surface area contributed by atoms with E-state index in [2.05, 4.69) is 15.6 Å². The van der Waals surface area contributed by atoms with Crippen LogP contribution in [0.5, 0.6) is 5.88 Å². The van der Waals surface area contributed by atoms with Gasteiger partial charge in [-0.05, 0) is 31.9 Å². The van der Waals surface area contributed by atoms with E-state index in [0.717, 1.165) is 0 Å². The summed E-state index contributed by atoms with van der Waals surface area (Å²) in [6, 6.07) is 2.95. The molecule has 126 valence electrons. The number of carbonyl (C=O) groups excluding carboxylic acids is 2. The maximum absolute atomic E-state index is 12.1. The Morgan fingerprint density at radius 2 is 2.17 bits per heavy atom. The van der Waals surface area contributed by atoms with Crippen molar-refractivity contribution in [3.63, 3.8) is 0 Å². The summed E-state index contributed by atoms with van der Waals surface area (Å²) in [5.41, 5.74) is 5.22. The van der Waals surface area contributed by atoms with Crippen LogP contribution < -0.4 is 21.1 Å². The molecular formula is C15H22N4O4. The number of pyridine rings is 1. The number of amides is 3. The molecule has 4 N–H and O–H groups in total. The maximum Gasteiger partial charge on any atom is 0.319 e. The average molecular weight is 322 g/mol. The van der Waals surface area contributed by atoms with Gasteiger partial charge in [-0.25, -0.2) is 9.78 Å². The fourth-order valence-corrected chi connectivity index (χ4v) is 2.43. The molecular weight excluding hydrogens is 300 g/mol. The van der Waals surface area contributed by atoms with Crippen LogP contribution in [0.25, 0.3) is 0 Å². The number of nitrogens with one attached hydrogen (secondary N) is 2. The molecule has 0 aromatic carbocycles. The smallest absolute Gasteiger partial charge is 0.319 e. The van der Waals surface area contributed by atoms with E-state index in [-0.39, 0.29) is 6.54 Å². The highest BCUT2D eigenvalue weighted by Gasteiger charge is 2.38. The van der Waals surface area contributed by atoms with E-state index in [0.29, 0.717) is 44.2 Å². The van der Waals surface area contributed by atoms with Gasteiger partial charge in [0.05, 0.1) is 12.0 Å². The third-order valence-electron chi connectivity index (χ3n) is 3.86. The van der Waals surface area contributed by atoms with Gasteiger partial charge in [-0.1, -0.05) is 0 Å². The Bertz CT molecular complexity index is 558. The molecule has 3 amide bonds. The van der Waals surface area contributed by atoms with Gasteiger partial charge in [0.2, 0.25) is 11.8 Å². The highest BCUT2D eigenvalue weighted by Crippen LogP contribution is 2.29. The van der Waals surface area contributed by atoms with Gasteiger partial charge in [0.1, 0.15) is 5.69 Å². The van der Waals surface area contributed by atoms with E-state index in [9.17, 15) is 9.59 Å². The number of primary amides is 1. The Morgan fingerprint density at radius 1 is 1.43 bits per heavy atom. The van der Waals surface area contributed by atoms with Crippen molar-refractivity contribution in [1.29, 1.82) is 0 Å². The Hall–Kier alpha value is -2.35. The number of rotatable bonds is 6. The van der Waals surface area contributed by atoms with Crippen molar-refractivity contribution < 1.29 is 19.1 Å². The number of carbonyl (C=O) groups is 2. The van der Waals surface area contributed by atoms with Gasteiger partial charge in [-0.15, -0.1) is 0 Å². The monoisotopic (exact) mass is 322 g/mol. The fraction of sp³-hybridized carbons (Fsp3) is 0.533. The molecule has 1 aliphatic rings. The topological polar surface area (TPSA) is 116 Å². The Balaban J connectivity index is 1.95. The van der Waals surface area contributed by atoms with Crippen LogP contribution in [-0.4, -0.2) is 43.3 Å². The van der Waals surface area contributed by atoms with Crippen LogP contribution in [0, 0.1) is 5.41 Å². The SMILES string of the molecule is CCOc1ncccc1NC(=O)NCC1(C(N)=O)CCOCC1. The quantitative estimate of drug-likeness (QED) is 0.719. The van der Waals surface area contributed by atoms with Crippen LogP contribution in [0.2, 0.25) is 0 Å². The van der Waals surface area contributed by atoms with Crippen molar-refractivity contribution in [2.24, 2.45) is 11.1 Å². The molecule has 1 aromatic heterocycles. The number of hydrogen-bond donors (Lipinski definition) is 3. The highest BCUT2D eigenvalue weighted by molar-refractivity contribution is 5.91. The molecule has 8 nitrogen and oxygen atoms in total. The molecule has 23 heavy (non-hydrogen) atoms. The third kappa shape index (κ3) is 4.32. The lowest BCUT2D eigenvalue weighted by atomic mass is 9.79. The lowest BCUT2D eigenvalue weighted by Crippen LogP contribution is -2.50. The van der Waals surface area contributed by atoms with E-state index in [1.54, 1.807) is 18.3 Å². The van der Waals surface area contributed by atoms with Crippen molar-refractivity contribution in [3.8, 4) is 5.88 Å². The van der Waals surface area contributed by atoms with E-state index < -0.39 is 17.4 Å². The standard InChI is InChI=1S/C15H22N4O4/c1-2-23-12-11(4-3-7-17-12)19-14(21)18-10-15(13(16)20)5-8-22-9-6-15/h3-4,7H,2,5-6,8-10H2,1H3,(H2,16,20)(H2,18,19,21). The number of nitrogens with zero attached hydrogens (tertiary/aromatic N) is 1. The molecule has 1 aliphatic heterocycles. The summed E-state index contributed by atoms with van der Waals surface area (Å²) in [4.78, 5) is 27.9. The third-order valence-corrected chi connectivity index (χ3v) is 3.86. The number of nitrogens with two attached hydrogens (primary N) is 1. The minimum Gasteiger partial charge on any atom is -0.476 e. The summed E-state index contributed by atoms with van der Waals surface area (Å²) in [7, 11) is 0. The molecule has 2 heterocycles. The van der Waals surface area contributed by atoms with Gasteiger partial charge in [0.25, 0.3) is 0 Å². The number of hydrogen-bond acceptors (Lipinski definition) is 5. The normalized spacial score (nSPS) is 16.4. The van der Waals surface area contributed by atoms with Gasteiger partial charge in [-0.3, -0.25) is 4.79 Å². The molecule has 0 atom stereocenters. The van der Waals surface area contributed by atoms with Crippen molar-refractivity contribution in [2.75, 3.05) is 31.7 Å². The molecule has 0 saturated carbocycles. The van der Waals surface area contributed by atoms with E-state index >= 15 is 0 Å². The van der Waals surface area contributed by atoms with Crippen molar-refractivity contribution in [1.82, 2.24) is 10.3 Å². The second-order valence-electron chi connectivity index (χ2n) is 5.35. The molecule has 1 saturated heterocycles. The fourth-order valence-electron chi connectivity index (χ4n) is 2.43. The molecule has 0 unspecified atom stereocenters. The second kappa shape index (κ2) is 7.77. The van der Waals surface area contributed by atoms with Crippen molar-refractivity contribution in [3.05, 3.63) is 18.3 Å². The molecule has 0 bridgehead atoms. The van der Waals surface area contributed by atoms with Crippen LogP contribution in [0.3, 0.4) is 0 Å². The first kappa shape index (κ1) is 17.0. The predicted octanol–water partition coefficient (Wildman–Crippen LogP) is 0.884. The zero-order valence-corrected chi connectivity index (χ0v) is 13.1. The summed E-state index contributed by atoms with van der Waals surface area (Å²) in [5.74, 6) is -0.0710. The number of anilines is 1. The summed E-state index contributed by atoms with van der Waals surface area (Å²) in [6.45, 7) is 3.37. The molecule has 0 spiro atoms. The van der Waals surface area contributed by atoms with Gasteiger partial charge in [0, 0.05) is 26.0 Å². The van der Waals surface area contributed by atoms with E-state index in [1.807, 2.05) is 6.92 Å². The van der Waals surface area contributed by atoms with Gasteiger partial charge in [-0.2, -0.15) is 0 Å². The second-order valence-corrected chi connectivity index (χ2v) is 5.35. The lowest BCUT2D eigenvalue weighted by Gasteiger charge is -2.34. The summed E-state index contributed by atoms with van der Waals surface area (Å²) in [6.07, 6.45) is 2.58. The maximum atomic E-state index is 12.1. The molecule has 0 radical (unpaired) electrons. The van der Waals surface area contributed by atoms with Crippen molar-refractivity contribution >= 4 is 17.6 Å². The molecule has 0 aliphatic carbocycles. The number of ether oxygens (including phenoxy) is 2. The predicted molar refractivity (Wildman–Crippen MR) is 84.1 cm³/mol. The van der Waals surface area contributed by atoms with Crippen LogP contribution in [0.15, 0.2) is 18.3 Å². The first-order valence-corrected chi connectivity index (χ1v) is 7.58. The molecule has 1 aromatic rings. The van der Waals surface area contributed by atoms with Crippen LogP contribution in [0.1, 0.15) is 19.8 Å². The van der Waals surface area contributed by atoms with E-state index in [4.69, 9.17) is 15.2 Å². The number of aromatic nitrogens is 1. The lowest BCUT2D eigenvalue weighted by molar-refractivity contribution is -0.132. The first-order chi connectivity index (χ1) is 11.1. The van der Waals surface area contributed by atoms with Crippen LogP contribution in [-0.2, 0) is 9.53 Å².